The Morgan fingerprint density at radius 3 is 2.25 bits per heavy atom. The van der Waals surface area contributed by atoms with Crippen molar-refractivity contribution < 1.29 is 0 Å². The highest BCUT2D eigenvalue weighted by Gasteiger charge is 2.09. The van der Waals surface area contributed by atoms with Crippen molar-refractivity contribution in [2.75, 3.05) is 6.54 Å². The van der Waals surface area contributed by atoms with Crippen LogP contribution in [0.15, 0.2) is 12.2 Å². The molecule has 0 aliphatic rings. The molecule has 0 heterocycles. The summed E-state index contributed by atoms with van der Waals surface area (Å²) in [5, 5.41) is 6.90. The van der Waals surface area contributed by atoms with E-state index < -0.39 is 0 Å². The molecule has 0 aliphatic heterocycles. The van der Waals surface area contributed by atoms with Crippen LogP contribution in [0.1, 0.15) is 27.7 Å². The molecule has 0 saturated carbocycles. The van der Waals surface area contributed by atoms with E-state index >= 15 is 0 Å². The lowest BCUT2D eigenvalue weighted by Crippen LogP contribution is -2.46. The zero-order valence-electron chi connectivity index (χ0n) is 8.32. The summed E-state index contributed by atoms with van der Waals surface area (Å²) >= 11 is 5.06. The van der Waals surface area contributed by atoms with Crippen molar-refractivity contribution in [2.45, 2.75) is 33.2 Å². The maximum absolute atomic E-state index is 5.06. The molecule has 0 aromatic rings. The van der Waals surface area contributed by atoms with Gasteiger partial charge in [0.05, 0.1) is 0 Å². The zero-order valence-corrected chi connectivity index (χ0v) is 9.14. The predicted octanol–water partition coefficient (Wildman–Crippen LogP) is 1.83. The lowest BCUT2D eigenvalue weighted by molar-refractivity contribution is 0.508. The van der Waals surface area contributed by atoms with Gasteiger partial charge in [0.1, 0.15) is 0 Å². The van der Waals surface area contributed by atoms with Gasteiger partial charge in [-0.3, -0.25) is 0 Å². The molecular formula is C9H18N2S. The summed E-state index contributed by atoms with van der Waals surface area (Å²) in [7, 11) is 0. The van der Waals surface area contributed by atoms with E-state index in [0.717, 1.165) is 12.1 Å². The van der Waals surface area contributed by atoms with Gasteiger partial charge in [-0.15, -0.1) is 0 Å². The fourth-order valence-electron chi connectivity index (χ4n) is 0.616. The van der Waals surface area contributed by atoms with Gasteiger partial charge in [0.2, 0.25) is 0 Å². The van der Waals surface area contributed by atoms with Crippen LogP contribution in [0.2, 0.25) is 0 Å². The summed E-state index contributed by atoms with van der Waals surface area (Å²) in [5.41, 5.74) is 1.10. The minimum absolute atomic E-state index is 0.0269. The molecule has 2 nitrogen and oxygen atoms in total. The Morgan fingerprint density at radius 1 is 1.42 bits per heavy atom. The topological polar surface area (TPSA) is 24.1 Å². The fraction of sp³-hybridized carbons (Fsp3) is 0.667. The van der Waals surface area contributed by atoms with Gasteiger partial charge in [-0.2, -0.15) is 0 Å². The second-order valence-electron chi connectivity index (χ2n) is 4.01. The molecular weight excluding hydrogens is 168 g/mol. The smallest absolute Gasteiger partial charge is 0.166 e. The number of thiocarbonyl (C=S) groups is 1. The average molecular weight is 186 g/mol. The van der Waals surface area contributed by atoms with Gasteiger partial charge in [-0.25, -0.2) is 0 Å². The lowest BCUT2D eigenvalue weighted by Gasteiger charge is -2.23. The van der Waals surface area contributed by atoms with Crippen LogP contribution in [0, 0.1) is 0 Å². The lowest BCUT2D eigenvalue weighted by atomic mass is 10.1. The number of rotatable bonds is 2. The van der Waals surface area contributed by atoms with E-state index in [0.29, 0.717) is 5.11 Å². The maximum atomic E-state index is 5.06. The first-order chi connectivity index (χ1) is 5.31. The van der Waals surface area contributed by atoms with Crippen molar-refractivity contribution in [1.82, 2.24) is 10.6 Å². The van der Waals surface area contributed by atoms with Gasteiger partial charge in [0.15, 0.2) is 5.11 Å². The summed E-state index contributed by atoms with van der Waals surface area (Å²) in [6, 6.07) is 0. The van der Waals surface area contributed by atoms with Crippen molar-refractivity contribution in [1.29, 1.82) is 0 Å². The Kier molecular flexibility index (Phi) is 4.24. The van der Waals surface area contributed by atoms with Crippen LogP contribution in [-0.2, 0) is 0 Å². The van der Waals surface area contributed by atoms with Gasteiger partial charge in [-0.05, 0) is 39.9 Å². The quantitative estimate of drug-likeness (QED) is 0.508. The Labute approximate surface area is 80.4 Å². The Bertz CT molecular complexity index is 179. The fourth-order valence-corrected chi connectivity index (χ4v) is 0.994. The normalized spacial score (nSPS) is 10.7. The van der Waals surface area contributed by atoms with E-state index in [9.17, 15) is 0 Å². The van der Waals surface area contributed by atoms with Crippen molar-refractivity contribution >= 4 is 17.3 Å². The monoisotopic (exact) mass is 186 g/mol. The Balaban J connectivity index is 3.68. The van der Waals surface area contributed by atoms with Crippen LogP contribution >= 0.6 is 12.2 Å². The first-order valence-electron chi connectivity index (χ1n) is 4.01. The Hall–Kier alpha value is -0.570. The zero-order chi connectivity index (χ0) is 9.78. The van der Waals surface area contributed by atoms with E-state index in [1.807, 2.05) is 6.92 Å². The third-order valence-electron chi connectivity index (χ3n) is 1.04. The van der Waals surface area contributed by atoms with Gasteiger partial charge < -0.3 is 10.6 Å². The predicted molar refractivity (Wildman–Crippen MR) is 58.3 cm³/mol. The van der Waals surface area contributed by atoms with Gasteiger partial charge >= 0.3 is 0 Å². The van der Waals surface area contributed by atoms with E-state index in [-0.39, 0.29) is 5.54 Å². The summed E-state index contributed by atoms with van der Waals surface area (Å²) in [4.78, 5) is 0. The molecule has 0 unspecified atom stereocenters. The third kappa shape index (κ3) is 7.54. The first-order valence-corrected chi connectivity index (χ1v) is 4.42. The second-order valence-corrected chi connectivity index (χ2v) is 4.42. The minimum atomic E-state index is 0.0269. The van der Waals surface area contributed by atoms with Crippen molar-refractivity contribution in [3.63, 3.8) is 0 Å². The molecule has 0 atom stereocenters. The van der Waals surface area contributed by atoms with Gasteiger partial charge in [0, 0.05) is 12.1 Å². The van der Waals surface area contributed by atoms with E-state index in [2.05, 4.69) is 38.0 Å². The highest BCUT2D eigenvalue weighted by atomic mass is 32.1. The van der Waals surface area contributed by atoms with Crippen LogP contribution in [-0.4, -0.2) is 17.2 Å². The second kappa shape index (κ2) is 4.45. The summed E-state index contributed by atoms with van der Waals surface area (Å²) < 4.78 is 0. The molecule has 0 radical (unpaired) electrons. The summed E-state index contributed by atoms with van der Waals surface area (Å²) in [6.45, 7) is 12.7. The summed E-state index contributed by atoms with van der Waals surface area (Å²) in [6.07, 6.45) is 0. The SMILES string of the molecule is C=C(C)CNC(=S)NC(C)(C)C. The molecule has 3 heteroatoms. The molecule has 0 spiro atoms. The molecule has 0 rings (SSSR count). The maximum Gasteiger partial charge on any atom is 0.166 e. The first kappa shape index (κ1) is 11.4. The van der Waals surface area contributed by atoms with Crippen LogP contribution in [0.3, 0.4) is 0 Å². The van der Waals surface area contributed by atoms with Crippen LogP contribution < -0.4 is 10.6 Å². The standard InChI is InChI=1S/C9H18N2S/c1-7(2)6-10-8(12)11-9(3,4)5/h1,6H2,2-5H3,(H2,10,11,12). The van der Waals surface area contributed by atoms with E-state index in [1.54, 1.807) is 0 Å². The molecule has 70 valence electrons. The molecule has 0 aromatic carbocycles. The Morgan fingerprint density at radius 2 is 1.92 bits per heavy atom. The number of hydrogen-bond acceptors (Lipinski definition) is 1. The van der Waals surface area contributed by atoms with E-state index in [1.165, 1.54) is 0 Å². The summed E-state index contributed by atoms with van der Waals surface area (Å²) in [5.74, 6) is 0. The third-order valence-corrected chi connectivity index (χ3v) is 1.29. The van der Waals surface area contributed by atoms with Crippen molar-refractivity contribution in [2.24, 2.45) is 0 Å². The number of nitrogens with one attached hydrogen (secondary N) is 2. The molecule has 0 aliphatic carbocycles. The van der Waals surface area contributed by atoms with Crippen molar-refractivity contribution in [3.05, 3.63) is 12.2 Å². The molecule has 0 bridgehead atoms. The van der Waals surface area contributed by atoms with E-state index in [4.69, 9.17) is 12.2 Å². The molecule has 0 amide bonds. The average Bonchev–Trinajstić information content (AvgIpc) is 1.79. The largest absolute Gasteiger partial charge is 0.359 e. The highest BCUT2D eigenvalue weighted by molar-refractivity contribution is 7.80. The highest BCUT2D eigenvalue weighted by Crippen LogP contribution is 1.97. The molecule has 0 fully saturated rings. The van der Waals surface area contributed by atoms with Gasteiger partial charge in [0.25, 0.3) is 0 Å². The molecule has 0 saturated heterocycles. The van der Waals surface area contributed by atoms with Gasteiger partial charge in [-0.1, -0.05) is 12.2 Å². The molecule has 0 aromatic heterocycles. The van der Waals surface area contributed by atoms with Crippen LogP contribution in [0.4, 0.5) is 0 Å². The number of hydrogen-bond donors (Lipinski definition) is 2. The molecule has 2 N–H and O–H groups in total. The minimum Gasteiger partial charge on any atom is -0.359 e. The van der Waals surface area contributed by atoms with Crippen LogP contribution in [0.25, 0.3) is 0 Å². The van der Waals surface area contributed by atoms with Crippen LogP contribution in [0.5, 0.6) is 0 Å². The molecule has 12 heavy (non-hydrogen) atoms. The van der Waals surface area contributed by atoms with Crippen molar-refractivity contribution in [3.8, 4) is 0 Å².